The third-order valence-electron chi connectivity index (χ3n) is 4.27. The molecule has 0 heterocycles. The van der Waals surface area contributed by atoms with Crippen molar-refractivity contribution in [2.75, 3.05) is 7.11 Å². The van der Waals surface area contributed by atoms with Crippen LogP contribution in [0.5, 0.6) is 5.75 Å². The number of rotatable bonds is 10. The fourth-order valence-corrected chi connectivity index (χ4v) is 2.95. The van der Waals surface area contributed by atoms with Gasteiger partial charge in [-0.25, -0.2) is 4.39 Å². The van der Waals surface area contributed by atoms with E-state index < -0.39 is 29.7 Å². The average Bonchev–Trinajstić information content (AvgIpc) is 2.66. The summed E-state index contributed by atoms with van der Waals surface area (Å²) in [6, 6.07) is 11.0. The highest BCUT2D eigenvalue weighted by molar-refractivity contribution is 5.81. The Morgan fingerprint density at radius 1 is 1.03 bits per heavy atom. The summed E-state index contributed by atoms with van der Waals surface area (Å²) in [7, 11) is 1.39. The molecule has 0 fully saturated rings. The molecule has 0 bridgehead atoms. The molecule has 3 N–H and O–H groups in total. The van der Waals surface area contributed by atoms with Gasteiger partial charge < -0.3 is 20.3 Å². The zero-order valence-corrected chi connectivity index (χ0v) is 15.9. The van der Waals surface area contributed by atoms with E-state index in [2.05, 4.69) is 5.32 Å². The molecule has 7 nitrogen and oxygen atoms in total. The zero-order chi connectivity index (χ0) is 21.4. The lowest BCUT2D eigenvalue weighted by Crippen LogP contribution is -2.38. The normalized spacial score (nSPS) is 11.5. The second-order valence-corrected chi connectivity index (χ2v) is 6.48. The number of ether oxygens (including phenoxy) is 1. The van der Waals surface area contributed by atoms with Gasteiger partial charge >= 0.3 is 11.9 Å². The maximum absolute atomic E-state index is 13.9. The maximum atomic E-state index is 13.9. The number of amides is 1. The topological polar surface area (TPSA) is 113 Å². The molecule has 0 saturated heterocycles. The van der Waals surface area contributed by atoms with Crippen LogP contribution in [0.15, 0.2) is 42.5 Å². The minimum Gasteiger partial charge on any atom is -0.493 e. The van der Waals surface area contributed by atoms with Gasteiger partial charge in [-0.2, -0.15) is 0 Å². The summed E-state index contributed by atoms with van der Waals surface area (Å²) in [5.74, 6) is -3.03. The molecule has 2 rings (SSSR count). The van der Waals surface area contributed by atoms with Crippen molar-refractivity contribution in [2.24, 2.45) is 0 Å². The Labute approximate surface area is 167 Å². The Morgan fingerprint density at radius 2 is 1.72 bits per heavy atom. The number of carboxylic acid groups (broad SMARTS) is 2. The van der Waals surface area contributed by atoms with Gasteiger partial charge in [-0.05, 0) is 23.6 Å². The highest BCUT2D eigenvalue weighted by atomic mass is 19.1. The van der Waals surface area contributed by atoms with Crippen molar-refractivity contribution in [1.29, 1.82) is 0 Å². The van der Waals surface area contributed by atoms with E-state index in [0.717, 1.165) is 11.1 Å². The molecule has 0 aliphatic carbocycles. The second kappa shape index (κ2) is 10.2. The monoisotopic (exact) mass is 403 g/mol. The summed E-state index contributed by atoms with van der Waals surface area (Å²) < 4.78 is 19.0. The van der Waals surface area contributed by atoms with Crippen LogP contribution in [0.4, 0.5) is 4.39 Å². The molecule has 29 heavy (non-hydrogen) atoms. The Balaban J connectivity index is 2.12. The number of benzene rings is 2. The SMILES string of the molecule is COc1c(F)cccc1-c1ccc(C[C@H](CC(=O)O)NC(=O)CCC(=O)O)cc1. The number of methoxy groups -OCH3 is 1. The number of aliphatic carboxylic acids is 2. The van der Waals surface area contributed by atoms with Gasteiger partial charge in [0.05, 0.1) is 20.0 Å². The number of nitrogens with one attached hydrogen (secondary N) is 1. The van der Waals surface area contributed by atoms with Gasteiger partial charge in [-0.15, -0.1) is 0 Å². The van der Waals surface area contributed by atoms with E-state index >= 15 is 0 Å². The summed E-state index contributed by atoms with van der Waals surface area (Å²) in [5.41, 5.74) is 2.09. The molecule has 1 atom stereocenters. The number of carbonyl (C=O) groups is 3. The molecule has 8 heteroatoms. The largest absolute Gasteiger partial charge is 0.493 e. The molecule has 1 amide bonds. The van der Waals surface area contributed by atoms with E-state index in [9.17, 15) is 18.8 Å². The molecular formula is C21H22FNO6. The van der Waals surface area contributed by atoms with Crippen molar-refractivity contribution in [3.8, 4) is 16.9 Å². The molecule has 0 spiro atoms. The quantitative estimate of drug-likeness (QED) is 0.562. The first-order chi connectivity index (χ1) is 13.8. The van der Waals surface area contributed by atoms with Crippen molar-refractivity contribution >= 4 is 17.8 Å². The van der Waals surface area contributed by atoms with Gasteiger partial charge in [-0.3, -0.25) is 14.4 Å². The Bertz CT molecular complexity index is 881. The Kier molecular flexibility index (Phi) is 7.70. The Morgan fingerprint density at radius 3 is 2.31 bits per heavy atom. The van der Waals surface area contributed by atoms with E-state index in [1.807, 2.05) is 0 Å². The zero-order valence-electron chi connectivity index (χ0n) is 15.9. The number of carbonyl (C=O) groups excluding carboxylic acids is 1. The van der Waals surface area contributed by atoms with Crippen LogP contribution in [-0.2, 0) is 20.8 Å². The third kappa shape index (κ3) is 6.60. The van der Waals surface area contributed by atoms with Crippen molar-refractivity contribution in [1.82, 2.24) is 5.32 Å². The molecule has 154 valence electrons. The van der Waals surface area contributed by atoms with Crippen molar-refractivity contribution < 1.29 is 33.7 Å². The number of carboxylic acids is 2. The van der Waals surface area contributed by atoms with Gasteiger partial charge in [0.2, 0.25) is 5.91 Å². The van der Waals surface area contributed by atoms with Crippen molar-refractivity contribution in [3.63, 3.8) is 0 Å². The van der Waals surface area contributed by atoms with Gasteiger partial charge in [0.1, 0.15) is 0 Å². The van der Waals surface area contributed by atoms with Gasteiger partial charge in [-0.1, -0.05) is 36.4 Å². The lowest BCUT2D eigenvalue weighted by Gasteiger charge is -2.17. The molecule has 2 aromatic carbocycles. The molecular weight excluding hydrogens is 381 g/mol. The molecule has 0 aliphatic rings. The molecule has 0 saturated carbocycles. The second-order valence-electron chi connectivity index (χ2n) is 6.48. The molecule has 2 aromatic rings. The number of para-hydroxylation sites is 1. The lowest BCUT2D eigenvalue weighted by atomic mass is 9.98. The molecule has 0 radical (unpaired) electrons. The van der Waals surface area contributed by atoms with E-state index in [4.69, 9.17) is 14.9 Å². The number of halogens is 1. The van der Waals surface area contributed by atoms with E-state index in [1.165, 1.54) is 13.2 Å². The van der Waals surface area contributed by atoms with Gasteiger partial charge in [0, 0.05) is 18.0 Å². The summed E-state index contributed by atoms with van der Waals surface area (Å²) in [6.07, 6.45) is -0.580. The van der Waals surface area contributed by atoms with Crippen LogP contribution in [0, 0.1) is 5.82 Å². The summed E-state index contributed by atoms with van der Waals surface area (Å²) in [6.45, 7) is 0. The summed E-state index contributed by atoms with van der Waals surface area (Å²) in [5, 5.41) is 20.3. The van der Waals surface area contributed by atoms with E-state index in [1.54, 1.807) is 36.4 Å². The first-order valence-electron chi connectivity index (χ1n) is 8.95. The number of hydrogen-bond acceptors (Lipinski definition) is 4. The smallest absolute Gasteiger partial charge is 0.305 e. The summed E-state index contributed by atoms with van der Waals surface area (Å²) in [4.78, 5) is 33.5. The third-order valence-corrected chi connectivity index (χ3v) is 4.27. The number of hydrogen-bond donors (Lipinski definition) is 3. The minimum absolute atomic E-state index is 0.134. The molecule has 0 aromatic heterocycles. The first kappa shape index (κ1) is 21.9. The van der Waals surface area contributed by atoms with Crippen LogP contribution < -0.4 is 10.1 Å². The van der Waals surface area contributed by atoms with E-state index in [-0.39, 0.29) is 31.4 Å². The van der Waals surface area contributed by atoms with Crippen LogP contribution >= 0.6 is 0 Å². The fourth-order valence-electron chi connectivity index (χ4n) is 2.95. The summed E-state index contributed by atoms with van der Waals surface area (Å²) >= 11 is 0. The highest BCUT2D eigenvalue weighted by Crippen LogP contribution is 2.32. The van der Waals surface area contributed by atoms with E-state index in [0.29, 0.717) is 5.56 Å². The molecule has 0 aliphatic heterocycles. The fraction of sp³-hybridized carbons (Fsp3) is 0.286. The van der Waals surface area contributed by atoms with Gasteiger partial charge in [0.25, 0.3) is 0 Å². The molecule has 0 unspecified atom stereocenters. The average molecular weight is 403 g/mol. The highest BCUT2D eigenvalue weighted by Gasteiger charge is 2.18. The predicted octanol–water partition coefficient (Wildman–Crippen LogP) is 2.87. The van der Waals surface area contributed by atoms with Crippen molar-refractivity contribution in [3.05, 3.63) is 53.8 Å². The van der Waals surface area contributed by atoms with Crippen LogP contribution in [0.2, 0.25) is 0 Å². The minimum atomic E-state index is -1.10. The van der Waals surface area contributed by atoms with Gasteiger partial charge in [0.15, 0.2) is 11.6 Å². The maximum Gasteiger partial charge on any atom is 0.305 e. The van der Waals surface area contributed by atoms with Crippen LogP contribution in [-0.4, -0.2) is 41.2 Å². The van der Waals surface area contributed by atoms with Crippen molar-refractivity contribution in [2.45, 2.75) is 31.7 Å². The predicted molar refractivity (Wildman–Crippen MR) is 103 cm³/mol. The van der Waals surface area contributed by atoms with Crippen LogP contribution in [0.3, 0.4) is 0 Å². The lowest BCUT2D eigenvalue weighted by molar-refractivity contribution is -0.140. The first-order valence-corrected chi connectivity index (χ1v) is 8.95. The van der Waals surface area contributed by atoms with Crippen LogP contribution in [0.25, 0.3) is 11.1 Å². The van der Waals surface area contributed by atoms with Crippen LogP contribution in [0.1, 0.15) is 24.8 Å². The standard InChI is InChI=1S/C21H22FNO6/c1-29-21-16(3-2-4-17(21)22)14-7-5-13(6-8-14)11-15(12-20(27)28)23-18(24)9-10-19(25)26/h2-8,15H,9-12H2,1H3,(H,23,24)(H,25,26)(H,27,28)/t15-/m1/s1. The Hall–Kier alpha value is -3.42.